The van der Waals surface area contributed by atoms with Crippen molar-refractivity contribution in [2.45, 2.75) is 6.92 Å². The fraction of sp³-hybridized carbons (Fsp3) is 0.100. The van der Waals surface area contributed by atoms with Crippen molar-refractivity contribution in [1.82, 2.24) is 9.78 Å². The van der Waals surface area contributed by atoms with Gasteiger partial charge in [-0.15, -0.1) is 0 Å². The standard InChI is InChI=1S/C20H18N4O4/c1-13(25)14-2-8-17(9-3-14)28-12-19(26)22-15-4-6-16(7-5-15)24-11-10-18(23-24)20(21)27/h2-11H,12H2,1H3,(H2,21,27)(H,22,26). The molecule has 0 spiro atoms. The predicted molar refractivity (Wildman–Crippen MR) is 103 cm³/mol. The van der Waals surface area contributed by atoms with Gasteiger partial charge in [0.05, 0.1) is 5.69 Å². The minimum atomic E-state index is -0.599. The highest BCUT2D eigenvalue weighted by Gasteiger charge is 2.08. The number of nitrogens with one attached hydrogen (secondary N) is 1. The van der Waals surface area contributed by atoms with E-state index in [-0.39, 0.29) is 24.0 Å². The van der Waals surface area contributed by atoms with Crippen molar-refractivity contribution in [3.63, 3.8) is 0 Å². The van der Waals surface area contributed by atoms with Gasteiger partial charge in [-0.2, -0.15) is 5.10 Å². The Labute approximate surface area is 160 Å². The molecule has 8 nitrogen and oxygen atoms in total. The van der Waals surface area contributed by atoms with Crippen molar-refractivity contribution >= 4 is 23.3 Å². The first-order valence-electron chi connectivity index (χ1n) is 8.42. The summed E-state index contributed by atoms with van der Waals surface area (Å²) in [4.78, 5) is 34.4. The molecule has 8 heteroatoms. The summed E-state index contributed by atoms with van der Waals surface area (Å²) in [6, 6.07) is 15.0. The molecule has 0 saturated carbocycles. The number of rotatable bonds is 7. The van der Waals surface area contributed by atoms with Gasteiger partial charge < -0.3 is 15.8 Å². The van der Waals surface area contributed by atoms with Crippen LogP contribution < -0.4 is 15.8 Å². The van der Waals surface area contributed by atoms with E-state index in [1.165, 1.54) is 17.7 Å². The van der Waals surface area contributed by atoms with Gasteiger partial charge >= 0.3 is 0 Å². The number of primary amides is 1. The van der Waals surface area contributed by atoms with Gasteiger partial charge in [-0.1, -0.05) is 0 Å². The molecular weight excluding hydrogens is 360 g/mol. The van der Waals surface area contributed by atoms with Crippen LogP contribution in [0.2, 0.25) is 0 Å². The number of benzene rings is 2. The maximum Gasteiger partial charge on any atom is 0.269 e. The first kappa shape index (κ1) is 18.8. The molecule has 0 bridgehead atoms. The molecule has 0 atom stereocenters. The Morgan fingerprint density at radius 1 is 1.04 bits per heavy atom. The number of Topliss-reactive ketones (excluding diaryl/α,β-unsaturated/α-hetero) is 1. The fourth-order valence-electron chi connectivity index (χ4n) is 2.43. The zero-order valence-electron chi connectivity index (χ0n) is 15.1. The molecule has 0 aliphatic heterocycles. The lowest BCUT2D eigenvalue weighted by Gasteiger charge is -2.09. The number of hydrogen-bond donors (Lipinski definition) is 2. The van der Waals surface area contributed by atoms with E-state index in [0.29, 0.717) is 22.7 Å². The molecule has 28 heavy (non-hydrogen) atoms. The molecule has 2 aromatic carbocycles. The summed E-state index contributed by atoms with van der Waals surface area (Å²) in [6.45, 7) is 1.32. The smallest absolute Gasteiger partial charge is 0.269 e. The van der Waals surface area contributed by atoms with E-state index in [1.807, 2.05) is 0 Å². The lowest BCUT2D eigenvalue weighted by molar-refractivity contribution is -0.118. The molecule has 0 saturated heterocycles. The molecule has 0 radical (unpaired) electrons. The molecule has 0 fully saturated rings. The van der Waals surface area contributed by atoms with Gasteiger partial charge in [0.25, 0.3) is 11.8 Å². The number of carbonyl (C=O) groups is 3. The lowest BCUT2D eigenvalue weighted by Crippen LogP contribution is -2.20. The van der Waals surface area contributed by atoms with E-state index >= 15 is 0 Å². The molecule has 0 unspecified atom stereocenters. The van der Waals surface area contributed by atoms with E-state index in [2.05, 4.69) is 10.4 Å². The molecule has 1 heterocycles. The normalized spacial score (nSPS) is 10.3. The van der Waals surface area contributed by atoms with E-state index < -0.39 is 5.91 Å². The van der Waals surface area contributed by atoms with Crippen LogP contribution in [0.3, 0.4) is 0 Å². The SMILES string of the molecule is CC(=O)c1ccc(OCC(=O)Nc2ccc(-n3ccc(C(N)=O)n3)cc2)cc1. The third kappa shape index (κ3) is 4.61. The highest BCUT2D eigenvalue weighted by Crippen LogP contribution is 2.15. The van der Waals surface area contributed by atoms with E-state index in [9.17, 15) is 14.4 Å². The van der Waals surface area contributed by atoms with Crippen molar-refractivity contribution in [3.05, 3.63) is 72.1 Å². The first-order valence-corrected chi connectivity index (χ1v) is 8.42. The Hall–Kier alpha value is -3.94. The highest BCUT2D eigenvalue weighted by molar-refractivity contribution is 5.94. The summed E-state index contributed by atoms with van der Waals surface area (Å²) in [6.07, 6.45) is 1.62. The fourth-order valence-corrected chi connectivity index (χ4v) is 2.43. The number of aromatic nitrogens is 2. The van der Waals surface area contributed by atoms with E-state index in [4.69, 9.17) is 10.5 Å². The first-order chi connectivity index (χ1) is 13.4. The van der Waals surface area contributed by atoms with Crippen molar-refractivity contribution in [2.24, 2.45) is 5.73 Å². The molecule has 3 aromatic rings. The second kappa shape index (κ2) is 8.17. The van der Waals surface area contributed by atoms with Crippen molar-refractivity contribution in [1.29, 1.82) is 0 Å². The zero-order valence-corrected chi connectivity index (χ0v) is 15.1. The van der Waals surface area contributed by atoms with Crippen LogP contribution in [0.15, 0.2) is 60.8 Å². The predicted octanol–water partition coefficient (Wildman–Crippen LogP) is 2.19. The van der Waals surface area contributed by atoms with Crippen molar-refractivity contribution < 1.29 is 19.1 Å². The monoisotopic (exact) mass is 378 g/mol. The van der Waals surface area contributed by atoms with Crippen LogP contribution >= 0.6 is 0 Å². The topological polar surface area (TPSA) is 116 Å². The van der Waals surface area contributed by atoms with Crippen LogP contribution in [0.1, 0.15) is 27.8 Å². The van der Waals surface area contributed by atoms with Gasteiger partial charge in [-0.05, 0) is 61.5 Å². The van der Waals surface area contributed by atoms with Crippen LogP contribution in [0.4, 0.5) is 5.69 Å². The number of hydrogen-bond acceptors (Lipinski definition) is 5. The number of nitrogens with zero attached hydrogens (tertiary/aromatic N) is 2. The number of carbonyl (C=O) groups excluding carboxylic acids is 3. The Morgan fingerprint density at radius 3 is 2.29 bits per heavy atom. The van der Waals surface area contributed by atoms with Gasteiger partial charge in [0.1, 0.15) is 11.4 Å². The Bertz CT molecular complexity index is 1010. The average Bonchev–Trinajstić information content (AvgIpc) is 3.18. The van der Waals surface area contributed by atoms with Crippen molar-refractivity contribution in [2.75, 3.05) is 11.9 Å². The minimum Gasteiger partial charge on any atom is -0.484 e. The highest BCUT2D eigenvalue weighted by atomic mass is 16.5. The van der Waals surface area contributed by atoms with Gasteiger partial charge in [0, 0.05) is 17.4 Å². The maximum atomic E-state index is 12.0. The van der Waals surface area contributed by atoms with Gasteiger partial charge in [0.15, 0.2) is 12.4 Å². The average molecular weight is 378 g/mol. The summed E-state index contributed by atoms with van der Waals surface area (Å²) in [5.74, 6) is -0.454. The minimum absolute atomic E-state index is 0.0336. The third-order valence-corrected chi connectivity index (χ3v) is 3.89. The van der Waals surface area contributed by atoms with Crippen LogP contribution in [0.25, 0.3) is 5.69 Å². The van der Waals surface area contributed by atoms with Crippen molar-refractivity contribution in [3.8, 4) is 11.4 Å². The Morgan fingerprint density at radius 2 is 1.71 bits per heavy atom. The van der Waals surface area contributed by atoms with Crippen LogP contribution in [-0.4, -0.2) is 34.0 Å². The Balaban J connectivity index is 1.55. The molecule has 0 aliphatic rings. The largest absolute Gasteiger partial charge is 0.484 e. The summed E-state index contributed by atoms with van der Waals surface area (Å²) in [5.41, 5.74) is 7.24. The zero-order chi connectivity index (χ0) is 20.1. The summed E-state index contributed by atoms with van der Waals surface area (Å²) in [7, 11) is 0. The summed E-state index contributed by atoms with van der Waals surface area (Å²) in [5, 5.41) is 6.79. The van der Waals surface area contributed by atoms with Gasteiger partial charge in [0.2, 0.25) is 0 Å². The number of ketones is 1. The summed E-state index contributed by atoms with van der Waals surface area (Å²) < 4.78 is 6.93. The molecule has 3 rings (SSSR count). The molecule has 142 valence electrons. The second-order valence-corrected chi connectivity index (χ2v) is 5.97. The third-order valence-electron chi connectivity index (χ3n) is 3.89. The molecule has 3 N–H and O–H groups in total. The van der Waals surface area contributed by atoms with Crippen LogP contribution in [0.5, 0.6) is 5.75 Å². The number of amides is 2. The molecular formula is C20H18N4O4. The molecule has 2 amide bonds. The van der Waals surface area contributed by atoms with Crippen LogP contribution in [0, 0.1) is 0 Å². The molecule has 1 aromatic heterocycles. The maximum absolute atomic E-state index is 12.0. The second-order valence-electron chi connectivity index (χ2n) is 5.97. The van der Waals surface area contributed by atoms with E-state index in [0.717, 1.165) is 0 Å². The summed E-state index contributed by atoms with van der Waals surface area (Å²) >= 11 is 0. The Kier molecular flexibility index (Phi) is 5.50. The number of ether oxygens (including phenoxy) is 1. The van der Waals surface area contributed by atoms with E-state index in [1.54, 1.807) is 54.7 Å². The molecule has 0 aliphatic carbocycles. The van der Waals surface area contributed by atoms with Crippen LogP contribution in [-0.2, 0) is 4.79 Å². The van der Waals surface area contributed by atoms with Gasteiger partial charge in [-0.3, -0.25) is 14.4 Å². The number of nitrogens with two attached hydrogens (primary N) is 1. The lowest BCUT2D eigenvalue weighted by atomic mass is 10.1. The van der Waals surface area contributed by atoms with Gasteiger partial charge in [-0.25, -0.2) is 4.68 Å². The quantitative estimate of drug-likeness (QED) is 0.611. The number of anilines is 1.